The fourth-order valence-corrected chi connectivity index (χ4v) is 7.60. The number of hydrogen-bond donors (Lipinski definition) is 4. The fourth-order valence-electron chi connectivity index (χ4n) is 7.60. The molecule has 1 spiro atoms. The maximum Gasteiger partial charge on any atom is 0.339 e. The van der Waals surface area contributed by atoms with Gasteiger partial charge in [-0.2, -0.15) is 0 Å². The molecule has 6 atom stereocenters. The zero-order valence-corrected chi connectivity index (χ0v) is 18.3. The molecule has 1 amide bonds. The van der Waals surface area contributed by atoms with Crippen LogP contribution in [0.15, 0.2) is 12.1 Å². The third kappa shape index (κ3) is 2.81. The molecule has 4 bridgehead atoms. The lowest BCUT2D eigenvalue weighted by Gasteiger charge is -2.57. The summed E-state index contributed by atoms with van der Waals surface area (Å²) in [4.78, 5) is 37.1. The normalized spacial score (nSPS) is 39.2. The Morgan fingerprint density at radius 2 is 2.00 bits per heavy atom. The second-order valence-electron chi connectivity index (χ2n) is 10.7. The first kappa shape index (κ1) is 21.2. The van der Waals surface area contributed by atoms with Crippen molar-refractivity contribution in [2.75, 3.05) is 5.32 Å². The van der Waals surface area contributed by atoms with Crippen LogP contribution in [0.25, 0.3) is 0 Å². The highest BCUT2D eigenvalue weighted by Crippen LogP contribution is 2.73. The van der Waals surface area contributed by atoms with Gasteiger partial charge in [0.2, 0.25) is 5.91 Å². The summed E-state index contributed by atoms with van der Waals surface area (Å²) in [6, 6.07) is 2.17. The first-order valence-electron chi connectivity index (χ1n) is 11.3. The lowest BCUT2D eigenvalue weighted by molar-refractivity contribution is -0.191. The Hall–Kier alpha value is -2.61. The summed E-state index contributed by atoms with van der Waals surface area (Å²) in [7, 11) is 0. The number of amides is 1. The maximum atomic E-state index is 13.2. The van der Waals surface area contributed by atoms with Crippen molar-refractivity contribution in [3.8, 4) is 11.5 Å². The lowest BCUT2D eigenvalue weighted by Crippen LogP contribution is -2.58. The Morgan fingerprint density at radius 1 is 1.25 bits per heavy atom. The van der Waals surface area contributed by atoms with Crippen molar-refractivity contribution in [2.24, 2.45) is 22.7 Å². The number of rotatable bonds is 5. The minimum atomic E-state index is -1.37. The smallest absolute Gasteiger partial charge is 0.339 e. The van der Waals surface area contributed by atoms with E-state index in [0.29, 0.717) is 18.8 Å². The van der Waals surface area contributed by atoms with Crippen molar-refractivity contribution < 1.29 is 34.4 Å². The number of Topliss-reactive ketones (excluding diaryl/α,β-unsaturated/α-hetero) is 1. The van der Waals surface area contributed by atoms with Crippen molar-refractivity contribution in [3.05, 3.63) is 17.7 Å². The number of carboxylic acids is 1. The summed E-state index contributed by atoms with van der Waals surface area (Å²) in [5, 5.41) is 31.8. The standard InChI is InChI=1S/C24H29NO7/c1-22(7-6-17(28)25-18-14(26)4-3-13(19(18)29)21(30)31)16(27)5-8-24-10-12-9-15(20(22)24)32-23(12,2)11-24/h3-4,12,15,20,26,29H,5-11H2,1-2H3,(H,25,28)(H,30,31). The van der Waals surface area contributed by atoms with E-state index in [-0.39, 0.29) is 40.9 Å². The highest BCUT2D eigenvalue weighted by molar-refractivity contribution is 5.99. The van der Waals surface area contributed by atoms with Crippen LogP contribution < -0.4 is 5.32 Å². The molecule has 5 fully saturated rings. The van der Waals surface area contributed by atoms with Crippen molar-refractivity contribution in [1.82, 2.24) is 0 Å². The second-order valence-corrected chi connectivity index (χ2v) is 10.7. The largest absolute Gasteiger partial charge is 0.506 e. The Labute approximate surface area is 186 Å². The molecular weight excluding hydrogens is 414 g/mol. The zero-order chi connectivity index (χ0) is 23.1. The minimum absolute atomic E-state index is 0.0123. The number of ketones is 1. The fraction of sp³-hybridized carbons (Fsp3) is 0.625. The molecule has 8 heteroatoms. The van der Waals surface area contributed by atoms with Crippen LogP contribution in [0.4, 0.5) is 5.69 Å². The molecule has 8 nitrogen and oxygen atoms in total. The minimum Gasteiger partial charge on any atom is -0.506 e. The summed E-state index contributed by atoms with van der Waals surface area (Å²) in [6.07, 6.45) is 4.85. The van der Waals surface area contributed by atoms with Crippen LogP contribution in [-0.2, 0) is 14.3 Å². The number of ether oxygens (including phenoxy) is 1. The van der Waals surface area contributed by atoms with Crippen LogP contribution in [0.1, 0.15) is 69.2 Å². The molecule has 4 N–H and O–H groups in total. The van der Waals surface area contributed by atoms with Gasteiger partial charge in [0.25, 0.3) is 0 Å². The number of nitrogens with one attached hydrogen (secondary N) is 1. The van der Waals surface area contributed by atoms with Gasteiger partial charge in [0.15, 0.2) is 5.75 Å². The van der Waals surface area contributed by atoms with Crippen LogP contribution >= 0.6 is 0 Å². The molecule has 3 saturated carbocycles. The monoisotopic (exact) mass is 443 g/mol. The number of phenols is 2. The van der Waals surface area contributed by atoms with E-state index in [0.717, 1.165) is 37.8 Å². The van der Waals surface area contributed by atoms with Gasteiger partial charge in [0.1, 0.15) is 22.8 Å². The number of carboxylic acid groups (broad SMARTS) is 1. The molecule has 6 rings (SSSR count). The van der Waals surface area contributed by atoms with E-state index in [9.17, 15) is 24.6 Å². The van der Waals surface area contributed by atoms with Gasteiger partial charge < -0.3 is 25.4 Å². The maximum absolute atomic E-state index is 13.2. The molecule has 5 aliphatic rings. The van der Waals surface area contributed by atoms with Gasteiger partial charge in [-0.25, -0.2) is 4.79 Å². The molecule has 2 heterocycles. The number of phenolic OH excluding ortho intramolecular Hbond substituents is 1. The number of aromatic carboxylic acids is 1. The quantitative estimate of drug-likeness (QED) is 0.512. The summed E-state index contributed by atoms with van der Waals surface area (Å²) in [5.74, 6) is -2.18. The van der Waals surface area contributed by atoms with Gasteiger partial charge in [0.05, 0.1) is 11.7 Å². The van der Waals surface area contributed by atoms with Gasteiger partial charge in [-0.05, 0) is 62.5 Å². The third-order valence-electron chi connectivity index (χ3n) is 8.88. The van der Waals surface area contributed by atoms with Gasteiger partial charge in [-0.1, -0.05) is 6.92 Å². The van der Waals surface area contributed by atoms with Crippen LogP contribution in [0.3, 0.4) is 0 Å². The van der Waals surface area contributed by atoms with Crippen molar-refractivity contribution in [3.63, 3.8) is 0 Å². The molecule has 6 unspecified atom stereocenters. The Morgan fingerprint density at radius 3 is 2.69 bits per heavy atom. The molecule has 2 aliphatic heterocycles. The molecule has 32 heavy (non-hydrogen) atoms. The van der Waals surface area contributed by atoms with E-state index in [1.165, 1.54) is 0 Å². The lowest BCUT2D eigenvalue weighted by atomic mass is 9.48. The van der Waals surface area contributed by atoms with Gasteiger partial charge in [-0.15, -0.1) is 0 Å². The number of hydrogen-bond acceptors (Lipinski definition) is 6. The zero-order valence-electron chi connectivity index (χ0n) is 18.3. The van der Waals surface area contributed by atoms with Crippen LogP contribution in [-0.4, -0.2) is 44.7 Å². The van der Waals surface area contributed by atoms with Gasteiger partial charge >= 0.3 is 5.97 Å². The average Bonchev–Trinajstić information content (AvgIpc) is 3.08. The first-order chi connectivity index (χ1) is 15.0. The Kier molecular flexibility index (Phi) is 4.45. The van der Waals surface area contributed by atoms with E-state index in [2.05, 4.69) is 12.2 Å². The highest BCUT2D eigenvalue weighted by Gasteiger charge is 2.72. The Balaban J connectivity index is 1.35. The second kappa shape index (κ2) is 6.70. The van der Waals surface area contributed by atoms with Gasteiger partial charge in [0, 0.05) is 24.2 Å². The Bertz CT molecular complexity index is 1040. The van der Waals surface area contributed by atoms with E-state index in [4.69, 9.17) is 9.84 Å². The van der Waals surface area contributed by atoms with Crippen LogP contribution in [0.2, 0.25) is 0 Å². The summed E-state index contributed by atoms with van der Waals surface area (Å²) in [6.45, 7) is 4.17. The predicted octanol–water partition coefficient (Wildman–Crippen LogP) is 3.46. The first-order valence-corrected chi connectivity index (χ1v) is 11.3. The molecule has 0 aromatic heterocycles. The SMILES string of the molecule is CC12CC34CCC(=O)C(C)(CCC(=O)Nc5c(O)ccc(C(=O)O)c5O)C3C(CC1C4)O2. The van der Waals surface area contributed by atoms with E-state index in [1.54, 1.807) is 0 Å². The third-order valence-corrected chi connectivity index (χ3v) is 8.88. The van der Waals surface area contributed by atoms with Crippen LogP contribution in [0, 0.1) is 22.7 Å². The number of carbonyl (C=O) groups is 3. The topological polar surface area (TPSA) is 133 Å². The molecule has 0 radical (unpaired) electrons. The number of benzene rings is 1. The van der Waals surface area contributed by atoms with Crippen molar-refractivity contribution in [1.29, 1.82) is 0 Å². The van der Waals surface area contributed by atoms with E-state index >= 15 is 0 Å². The molecule has 2 saturated heterocycles. The molecule has 3 aliphatic carbocycles. The van der Waals surface area contributed by atoms with E-state index in [1.807, 2.05) is 6.92 Å². The van der Waals surface area contributed by atoms with Crippen molar-refractivity contribution >= 4 is 23.3 Å². The molecule has 1 aromatic rings. The molecule has 1 aromatic carbocycles. The number of carbonyl (C=O) groups excluding carboxylic acids is 2. The summed E-state index contributed by atoms with van der Waals surface area (Å²) in [5.41, 5.74) is -1.40. The highest BCUT2D eigenvalue weighted by atomic mass is 16.5. The molecule has 172 valence electrons. The van der Waals surface area contributed by atoms with Gasteiger partial charge in [-0.3, -0.25) is 9.59 Å². The predicted molar refractivity (Wildman–Crippen MR) is 113 cm³/mol. The summed E-state index contributed by atoms with van der Waals surface area (Å²) >= 11 is 0. The molecular formula is C24H29NO7. The number of aromatic hydroxyl groups is 2. The number of anilines is 1. The van der Waals surface area contributed by atoms with Crippen LogP contribution in [0.5, 0.6) is 11.5 Å². The van der Waals surface area contributed by atoms with E-state index < -0.39 is 34.4 Å². The van der Waals surface area contributed by atoms with Crippen molar-refractivity contribution in [2.45, 2.75) is 70.5 Å². The average molecular weight is 443 g/mol. The summed E-state index contributed by atoms with van der Waals surface area (Å²) < 4.78 is 6.44.